The van der Waals surface area contributed by atoms with E-state index >= 15 is 0 Å². The summed E-state index contributed by atoms with van der Waals surface area (Å²) in [6.07, 6.45) is -2.16. The number of fused-ring (bicyclic) bond motifs is 1. The number of rotatable bonds is 3. The normalized spacial score (nSPS) is 14.7. The lowest BCUT2D eigenvalue weighted by atomic mass is 10.0. The van der Waals surface area contributed by atoms with E-state index in [1.54, 1.807) is 18.3 Å². The Bertz CT molecular complexity index is 1030. The summed E-state index contributed by atoms with van der Waals surface area (Å²) in [4.78, 5) is 26.0. The maximum atomic E-state index is 12.7. The molecule has 0 saturated heterocycles. The Balaban J connectivity index is 1.54. The molecule has 0 saturated carbocycles. The van der Waals surface area contributed by atoms with Crippen LogP contribution in [0.3, 0.4) is 0 Å². The first-order chi connectivity index (χ1) is 13.4. The van der Waals surface area contributed by atoms with Crippen molar-refractivity contribution in [2.45, 2.75) is 25.7 Å². The van der Waals surface area contributed by atoms with Crippen LogP contribution in [0, 0.1) is 0 Å². The van der Waals surface area contributed by atoms with Gasteiger partial charge in [-0.1, -0.05) is 18.2 Å². The lowest BCUT2D eigenvalue weighted by molar-refractivity contribution is -0.137. The average Bonchev–Trinajstić information content (AvgIpc) is 2.68. The van der Waals surface area contributed by atoms with E-state index < -0.39 is 11.7 Å². The molecule has 4 rings (SSSR count). The third-order valence-corrected chi connectivity index (χ3v) is 4.75. The van der Waals surface area contributed by atoms with Crippen LogP contribution in [-0.2, 0) is 25.7 Å². The Kier molecular flexibility index (Phi) is 4.72. The third kappa shape index (κ3) is 3.82. The predicted octanol–water partition coefficient (Wildman–Crippen LogP) is 3.41. The molecule has 0 atom stereocenters. The first-order valence-corrected chi connectivity index (χ1v) is 8.82. The van der Waals surface area contributed by atoms with Crippen LogP contribution in [0.1, 0.15) is 22.4 Å². The second-order valence-electron chi connectivity index (χ2n) is 6.71. The number of nitrogens with one attached hydrogen (secondary N) is 1. The maximum absolute atomic E-state index is 12.7. The van der Waals surface area contributed by atoms with Crippen molar-refractivity contribution in [3.05, 3.63) is 81.4 Å². The second-order valence-corrected chi connectivity index (χ2v) is 6.71. The van der Waals surface area contributed by atoms with Crippen LogP contribution in [0.25, 0.3) is 11.5 Å². The van der Waals surface area contributed by atoms with E-state index in [2.05, 4.69) is 19.9 Å². The molecule has 0 amide bonds. The summed E-state index contributed by atoms with van der Waals surface area (Å²) in [5.74, 6) is 0.417. The van der Waals surface area contributed by atoms with Crippen LogP contribution in [0.5, 0.6) is 0 Å². The fraction of sp³-hybridized carbons (Fsp3) is 0.250. The van der Waals surface area contributed by atoms with Gasteiger partial charge in [-0.25, -0.2) is 4.98 Å². The summed E-state index contributed by atoms with van der Waals surface area (Å²) in [5.41, 5.74) is 1.88. The second kappa shape index (κ2) is 7.20. The van der Waals surface area contributed by atoms with Gasteiger partial charge >= 0.3 is 6.18 Å². The number of aromatic amines is 1. The quantitative estimate of drug-likeness (QED) is 0.749. The Labute approximate surface area is 158 Å². The molecule has 0 spiro atoms. The molecule has 0 radical (unpaired) electrons. The van der Waals surface area contributed by atoms with Gasteiger partial charge in [0, 0.05) is 31.4 Å². The standard InChI is InChI=1S/C20H17F3N4O/c21-20(22,23)14-6-4-13(5-7-14)11-27-10-8-15-17(12-27)25-18(26-19(15)28)16-3-1-2-9-24-16/h1-7,9H,8,10-12H2,(H,25,26,28). The first kappa shape index (κ1) is 18.4. The molecular weight excluding hydrogens is 369 g/mol. The number of alkyl halides is 3. The monoisotopic (exact) mass is 386 g/mol. The highest BCUT2D eigenvalue weighted by Crippen LogP contribution is 2.29. The number of hydrogen-bond acceptors (Lipinski definition) is 4. The van der Waals surface area contributed by atoms with Gasteiger partial charge in [0.15, 0.2) is 5.82 Å². The molecule has 0 fully saturated rings. The molecule has 8 heteroatoms. The molecule has 1 aliphatic rings. The summed E-state index contributed by atoms with van der Waals surface area (Å²) in [6.45, 7) is 1.59. The van der Waals surface area contributed by atoms with Crippen LogP contribution in [0.2, 0.25) is 0 Å². The summed E-state index contributed by atoms with van der Waals surface area (Å²) in [7, 11) is 0. The van der Waals surface area contributed by atoms with Crippen molar-refractivity contribution in [3.8, 4) is 11.5 Å². The Morgan fingerprint density at radius 3 is 2.57 bits per heavy atom. The Morgan fingerprint density at radius 2 is 1.89 bits per heavy atom. The van der Waals surface area contributed by atoms with Crippen LogP contribution in [0.4, 0.5) is 13.2 Å². The van der Waals surface area contributed by atoms with Crippen molar-refractivity contribution in [2.75, 3.05) is 6.54 Å². The van der Waals surface area contributed by atoms with E-state index in [1.165, 1.54) is 12.1 Å². The van der Waals surface area contributed by atoms with E-state index in [1.807, 2.05) is 6.07 Å². The topological polar surface area (TPSA) is 61.9 Å². The van der Waals surface area contributed by atoms with Crippen molar-refractivity contribution in [2.24, 2.45) is 0 Å². The van der Waals surface area contributed by atoms with Crippen molar-refractivity contribution in [1.82, 2.24) is 19.9 Å². The van der Waals surface area contributed by atoms with Crippen molar-refractivity contribution in [1.29, 1.82) is 0 Å². The fourth-order valence-corrected chi connectivity index (χ4v) is 3.31. The zero-order valence-corrected chi connectivity index (χ0v) is 14.8. The highest BCUT2D eigenvalue weighted by molar-refractivity contribution is 5.49. The SMILES string of the molecule is O=c1[nH]c(-c2ccccn2)nc2c1CCN(Cc1ccc(C(F)(F)F)cc1)C2. The van der Waals surface area contributed by atoms with E-state index in [0.29, 0.717) is 48.8 Å². The summed E-state index contributed by atoms with van der Waals surface area (Å²) < 4.78 is 38.1. The number of hydrogen-bond donors (Lipinski definition) is 1. The van der Waals surface area contributed by atoms with Gasteiger partial charge < -0.3 is 4.98 Å². The highest BCUT2D eigenvalue weighted by atomic mass is 19.4. The van der Waals surface area contributed by atoms with Gasteiger partial charge in [-0.05, 0) is 36.2 Å². The summed E-state index contributed by atoms with van der Waals surface area (Å²) in [5, 5.41) is 0. The number of halogens is 3. The van der Waals surface area contributed by atoms with Gasteiger partial charge in [0.1, 0.15) is 5.69 Å². The molecule has 1 aliphatic heterocycles. The van der Waals surface area contributed by atoms with Gasteiger partial charge in [-0.3, -0.25) is 14.7 Å². The third-order valence-electron chi connectivity index (χ3n) is 4.75. The zero-order chi connectivity index (χ0) is 19.7. The van der Waals surface area contributed by atoms with Crippen LogP contribution in [0.15, 0.2) is 53.5 Å². The average molecular weight is 386 g/mol. The summed E-state index contributed by atoms with van der Waals surface area (Å²) >= 11 is 0. The molecule has 5 nitrogen and oxygen atoms in total. The molecule has 1 aromatic carbocycles. The Hall–Kier alpha value is -3.00. The predicted molar refractivity (Wildman–Crippen MR) is 97.4 cm³/mol. The van der Waals surface area contributed by atoms with E-state index in [0.717, 1.165) is 17.7 Å². The Morgan fingerprint density at radius 1 is 1.11 bits per heavy atom. The lowest BCUT2D eigenvalue weighted by Crippen LogP contribution is -2.35. The molecule has 0 bridgehead atoms. The number of benzene rings is 1. The highest BCUT2D eigenvalue weighted by Gasteiger charge is 2.30. The van der Waals surface area contributed by atoms with Gasteiger partial charge in [-0.15, -0.1) is 0 Å². The fourth-order valence-electron chi connectivity index (χ4n) is 3.31. The number of pyridine rings is 1. The molecule has 28 heavy (non-hydrogen) atoms. The number of aromatic nitrogens is 3. The van der Waals surface area contributed by atoms with Gasteiger partial charge in [0.05, 0.1) is 11.3 Å². The van der Waals surface area contributed by atoms with E-state index in [9.17, 15) is 18.0 Å². The molecule has 1 N–H and O–H groups in total. The van der Waals surface area contributed by atoms with Crippen LogP contribution < -0.4 is 5.56 Å². The largest absolute Gasteiger partial charge is 0.416 e. The molecule has 0 aliphatic carbocycles. The van der Waals surface area contributed by atoms with Crippen molar-refractivity contribution >= 4 is 0 Å². The minimum atomic E-state index is -4.34. The lowest BCUT2D eigenvalue weighted by Gasteiger charge is -2.27. The van der Waals surface area contributed by atoms with Crippen molar-refractivity contribution in [3.63, 3.8) is 0 Å². The van der Waals surface area contributed by atoms with Crippen molar-refractivity contribution < 1.29 is 13.2 Å². The summed E-state index contributed by atoms with van der Waals surface area (Å²) in [6, 6.07) is 10.5. The van der Waals surface area contributed by atoms with Crippen LogP contribution in [-0.4, -0.2) is 26.4 Å². The molecule has 0 unspecified atom stereocenters. The molecule has 3 aromatic rings. The number of H-pyrrole nitrogens is 1. The first-order valence-electron chi connectivity index (χ1n) is 8.82. The van der Waals surface area contributed by atoms with E-state index in [-0.39, 0.29) is 5.56 Å². The van der Waals surface area contributed by atoms with Gasteiger partial charge in [0.2, 0.25) is 0 Å². The minimum absolute atomic E-state index is 0.167. The zero-order valence-electron chi connectivity index (χ0n) is 14.8. The van der Waals surface area contributed by atoms with Gasteiger partial charge in [-0.2, -0.15) is 13.2 Å². The maximum Gasteiger partial charge on any atom is 0.416 e. The van der Waals surface area contributed by atoms with E-state index in [4.69, 9.17) is 0 Å². The number of nitrogens with zero attached hydrogens (tertiary/aromatic N) is 3. The molecule has 2 aromatic heterocycles. The molecule has 3 heterocycles. The smallest absolute Gasteiger partial charge is 0.305 e. The molecular formula is C20H17F3N4O. The molecule has 144 valence electrons. The van der Waals surface area contributed by atoms with Crippen LogP contribution >= 0.6 is 0 Å². The minimum Gasteiger partial charge on any atom is -0.305 e. The van der Waals surface area contributed by atoms with Gasteiger partial charge in [0.25, 0.3) is 5.56 Å².